The highest BCUT2D eigenvalue weighted by Gasteiger charge is 2.15. The molecule has 0 fully saturated rings. The molecule has 1 aromatic heterocycles. The second kappa shape index (κ2) is 11.1. The van der Waals surface area contributed by atoms with Crippen LogP contribution >= 0.6 is 11.8 Å². The molecule has 0 saturated carbocycles. The van der Waals surface area contributed by atoms with Gasteiger partial charge in [0.25, 0.3) is 5.91 Å². The minimum Gasteiger partial charge on any atom is -0.452 e. The molecule has 0 aliphatic heterocycles. The van der Waals surface area contributed by atoms with Crippen LogP contribution in [0.2, 0.25) is 0 Å². The Morgan fingerprint density at radius 1 is 1.18 bits per heavy atom. The molecule has 8 nitrogen and oxygen atoms in total. The molecule has 0 unspecified atom stereocenters. The number of nitrogens with zero attached hydrogens (tertiary/aromatic N) is 1. The Morgan fingerprint density at radius 2 is 1.96 bits per heavy atom. The lowest BCUT2D eigenvalue weighted by Gasteiger charge is -2.09. The minimum absolute atomic E-state index is 0.153. The van der Waals surface area contributed by atoms with Gasteiger partial charge in [-0.1, -0.05) is 24.2 Å². The van der Waals surface area contributed by atoms with E-state index in [1.807, 2.05) is 26.0 Å². The number of nitrogens with one attached hydrogen (secondary N) is 2. The topological polar surface area (TPSA) is 111 Å². The quantitative estimate of drug-likeness (QED) is 0.460. The predicted molar refractivity (Wildman–Crippen MR) is 104 cm³/mol. The Balaban J connectivity index is 1.83. The van der Waals surface area contributed by atoms with Crippen LogP contribution in [-0.4, -0.2) is 42.6 Å². The van der Waals surface area contributed by atoms with Gasteiger partial charge in [-0.15, -0.1) is 11.8 Å². The van der Waals surface area contributed by atoms with Gasteiger partial charge in [0.15, 0.2) is 6.61 Å². The number of esters is 1. The van der Waals surface area contributed by atoms with Crippen molar-refractivity contribution in [3.05, 3.63) is 47.3 Å². The molecule has 0 spiro atoms. The average molecular weight is 405 g/mol. The first kappa shape index (κ1) is 21.5. The Bertz CT molecular complexity index is 821. The summed E-state index contributed by atoms with van der Waals surface area (Å²) in [5.74, 6) is -0.174. The predicted octanol–water partition coefficient (Wildman–Crippen LogP) is 2.07. The van der Waals surface area contributed by atoms with Crippen LogP contribution in [0.25, 0.3) is 0 Å². The fourth-order valence-electron chi connectivity index (χ4n) is 2.16. The molecule has 0 aliphatic carbocycles. The number of amides is 2. The van der Waals surface area contributed by atoms with E-state index < -0.39 is 18.5 Å². The molecular weight excluding hydrogens is 382 g/mol. The van der Waals surface area contributed by atoms with Crippen molar-refractivity contribution in [2.24, 2.45) is 0 Å². The van der Waals surface area contributed by atoms with E-state index in [0.29, 0.717) is 22.8 Å². The maximum Gasteiger partial charge on any atom is 0.339 e. The van der Waals surface area contributed by atoms with Gasteiger partial charge in [-0.3, -0.25) is 9.59 Å². The first-order valence-corrected chi connectivity index (χ1v) is 9.82. The number of rotatable bonds is 10. The molecule has 0 bridgehead atoms. The summed E-state index contributed by atoms with van der Waals surface area (Å²) in [6.07, 6.45) is 0.811. The van der Waals surface area contributed by atoms with Crippen molar-refractivity contribution >= 4 is 29.5 Å². The molecule has 0 atom stereocenters. The largest absolute Gasteiger partial charge is 0.452 e. The zero-order chi connectivity index (χ0) is 20.4. The van der Waals surface area contributed by atoms with E-state index in [0.717, 1.165) is 17.9 Å². The van der Waals surface area contributed by atoms with Gasteiger partial charge in [0.05, 0.1) is 17.8 Å². The van der Waals surface area contributed by atoms with E-state index in [2.05, 4.69) is 15.8 Å². The van der Waals surface area contributed by atoms with Crippen LogP contribution in [-0.2, 0) is 20.1 Å². The highest BCUT2D eigenvalue weighted by molar-refractivity contribution is 7.98. The second-order valence-electron chi connectivity index (χ2n) is 5.92. The smallest absolute Gasteiger partial charge is 0.339 e. The summed E-state index contributed by atoms with van der Waals surface area (Å²) in [6, 6.07) is 8.80. The third kappa shape index (κ3) is 7.07. The van der Waals surface area contributed by atoms with E-state index in [9.17, 15) is 14.4 Å². The van der Waals surface area contributed by atoms with Crippen LogP contribution < -0.4 is 10.6 Å². The van der Waals surface area contributed by atoms with Crippen LogP contribution in [0.1, 0.15) is 35.2 Å². The highest BCUT2D eigenvalue weighted by Crippen LogP contribution is 2.26. The second-order valence-corrected chi connectivity index (χ2v) is 6.93. The van der Waals surface area contributed by atoms with Gasteiger partial charge in [-0.25, -0.2) is 4.79 Å². The maximum atomic E-state index is 12.3. The van der Waals surface area contributed by atoms with Crippen molar-refractivity contribution in [1.29, 1.82) is 0 Å². The fourth-order valence-corrected chi connectivity index (χ4v) is 3.09. The van der Waals surface area contributed by atoms with E-state index in [4.69, 9.17) is 9.26 Å². The first-order valence-electron chi connectivity index (χ1n) is 8.84. The maximum absolute atomic E-state index is 12.3. The molecule has 28 heavy (non-hydrogen) atoms. The van der Waals surface area contributed by atoms with E-state index in [1.54, 1.807) is 18.2 Å². The molecule has 2 amide bonds. The number of hydrogen-bond acceptors (Lipinski definition) is 7. The fraction of sp³-hybridized carbons (Fsp3) is 0.368. The van der Waals surface area contributed by atoms with Gasteiger partial charge in [0.1, 0.15) is 5.76 Å². The van der Waals surface area contributed by atoms with Crippen molar-refractivity contribution in [3.8, 4) is 0 Å². The zero-order valence-electron chi connectivity index (χ0n) is 15.8. The molecule has 9 heteroatoms. The van der Waals surface area contributed by atoms with Crippen molar-refractivity contribution in [2.45, 2.75) is 30.9 Å². The molecule has 1 heterocycles. The van der Waals surface area contributed by atoms with Crippen LogP contribution in [0.15, 0.2) is 39.8 Å². The molecule has 0 aliphatic rings. The van der Waals surface area contributed by atoms with Crippen molar-refractivity contribution < 1.29 is 23.6 Å². The number of thioether (sulfide) groups is 1. The lowest BCUT2D eigenvalue weighted by atomic mass is 10.2. The number of aryl methyl sites for hydroxylation is 1. The number of hydrogen-bond donors (Lipinski definition) is 2. The Hall–Kier alpha value is -2.81. The SMILES string of the molecule is CCCNC(=O)CNC(=O)COC(=O)c1ccccc1SCc1cc(C)on1. The van der Waals surface area contributed by atoms with Gasteiger partial charge >= 0.3 is 5.97 Å². The third-order valence-corrected chi connectivity index (χ3v) is 4.62. The average Bonchev–Trinajstić information content (AvgIpc) is 3.12. The van der Waals surface area contributed by atoms with Crippen LogP contribution in [0.5, 0.6) is 0 Å². The third-order valence-electron chi connectivity index (χ3n) is 3.51. The van der Waals surface area contributed by atoms with E-state index in [1.165, 1.54) is 11.8 Å². The minimum atomic E-state index is -0.606. The zero-order valence-corrected chi connectivity index (χ0v) is 16.6. The summed E-state index contributed by atoms with van der Waals surface area (Å²) in [6.45, 7) is 3.68. The lowest BCUT2D eigenvalue weighted by Crippen LogP contribution is -2.38. The molecule has 0 radical (unpaired) electrons. The van der Waals surface area contributed by atoms with Gasteiger partial charge in [0.2, 0.25) is 5.91 Å². The van der Waals surface area contributed by atoms with Crippen LogP contribution in [0, 0.1) is 6.92 Å². The lowest BCUT2D eigenvalue weighted by molar-refractivity contribution is -0.127. The molecular formula is C19H23N3O5S. The number of carbonyl (C=O) groups excluding carboxylic acids is 3. The summed E-state index contributed by atoms with van der Waals surface area (Å²) < 4.78 is 10.1. The van der Waals surface area contributed by atoms with E-state index in [-0.39, 0.29) is 12.5 Å². The van der Waals surface area contributed by atoms with Crippen molar-refractivity contribution in [2.75, 3.05) is 19.7 Å². The Morgan fingerprint density at radius 3 is 2.68 bits per heavy atom. The molecule has 2 N–H and O–H groups in total. The summed E-state index contributed by atoms with van der Waals surface area (Å²) >= 11 is 1.42. The van der Waals surface area contributed by atoms with Gasteiger partial charge < -0.3 is 19.9 Å². The van der Waals surface area contributed by atoms with Crippen molar-refractivity contribution in [3.63, 3.8) is 0 Å². The number of ether oxygens (including phenoxy) is 1. The van der Waals surface area contributed by atoms with Gasteiger partial charge in [-0.2, -0.15) is 0 Å². The number of carbonyl (C=O) groups is 3. The van der Waals surface area contributed by atoms with Gasteiger partial charge in [0, 0.05) is 23.3 Å². The van der Waals surface area contributed by atoms with Crippen molar-refractivity contribution in [1.82, 2.24) is 15.8 Å². The summed E-state index contributed by atoms with van der Waals surface area (Å²) in [5.41, 5.74) is 1.13. The molecule has 2 rings (SSSR count). The number of benzene rings is 1. The monoisotopic (exact) mass is 405 g/mol. The summed E-state index contributed by atoms with van der Waals surface area (Å²) in [7, 11) is 0. The summed E-state index contributed by atoms with van der Waals surface area (Å²) in [4.78, 5) is 36.3. The number of aromatic nitrogens is 1. The molecule has 1 aromatic carbocycles. The first-order chi connectivity index (χ1) is 13.5. The normalized spacial score (nSPS) is 10.4. The molecule has 0 saturated heterocycles. The van der Waals surface area contributed by atoms with E-state index >= 15 is 0 Å². The molecule has 150 valence electrons. The highest BCUT2D eigenvalue weighted by atomic mass is 32.2. The van der Waals surface area contributed by atoms with Gasteiger partial charge in [-0.05, 0) is 25.5 Å². The Kier molecular flexibility index (Phi) is 8.54. The van der Waals surface area contributed by atoms with Crippen LogP contribution in [0.3, 0.4) is 0 Å². The standard InChI is InChI=1S/C19H23N3O5S/c1-3-8-20-17(23)10-21-18(24)11-26-19(25)15-6-4-5-7-16(15)28-12-14-9-13(2)27-22-14/h4-7,9H,3,8,10-12H2,1-2H3,(H,20,23)(H,21,24). The molecule has 2 aromatic rings. The summed E-state index contributed by atoms with van der Waals surface area (Å²) in [5, 5.41) is 8.97. The van der Waals surface area contributed by atoms with Crippen LogP contribution in [0.4, 0.5) is 0 Å². The Labute approximate surface area is 167 Å².